The molecule has 0 bridgehead atoms. The van der Waals surface area contributed by atoms with E-state index in [0.29, 0.717) is 11.5 Å². The van der Waals surface area contributed by atoms with Crippen LogP contribution < -0.4 is 5.32 Å². The summed E-state index contributed by atoms with van der Waals surface area (Å²) in [5.41, 5.74) is 0.475. The molecule has 2 saturated heterocycles. The molecule has 0 saturated carbocycles. The van der Waals surface area contributed by atoms with Crippen LogP contribution in [0.4, 0.5) is 0 Å². The topological polar surface area (TPSA) is 24.5 Å². The lowest BCUT2D eigenvalue weighted by Gasteiger charge is -2.46. The molecule has 2 heterocycles. The van der Waals surface area contributed by atoms with Gasteiger partial charge in [0.1, 0.15) is 0 Å². The summed E-state index contributed by atoms with van der Waals surface area (Å²) in [5, 5.41) is 4.48. The Morgan fingerprint density at radius 2 is 2.10 bits per heavy atom. The van der Waals surface area contributed by atoms with Crippen LogP contribution in [0.5, 0.6) is 0 Å². The molecule has 3 nitrogen and oxygen atoms in total. The number of nitrogens with one attached hydrogen (secondary N) is 1. The van der Waals surface area contributed by atoms with Crippen molar-refractivity contribution in [2.24, 2.45) is 5.41 Å². The molecule has 0 amide bonds. The third-order valence-electron chi connectivity index (χ3n) is 4.95. The molecule has 21 heavy (non-hydrogen) atoms. The van der Waals surface area contributed by atoms with Crippen molar-refractivity contribution in [2.75, 3.05) is 38.6 Å². The van der Waals surface area contributed by atoms with Gasteiger partial charge in [0.15, 0.2) is 0 Å². The first-order chi connectivity index (χ1) is 9.81. The Balaban J connectivity index is 2.01. The molecule has 0 aromatic carbocycles. The van der Waals surface area contributed by atoms with Gasteiger partial charge in [-0.15, -0.1) is 0 Å². The molecule has 2 rings (SSSR count). The first-order valence-electron chi connectivity index (χ1n) is 8.50. The fraction of sp³-hybridized carbons (Fsp3) is 1.00. The zero-order chi connectivity index (χ0) is 15.5. The summed E-state index contributed by atoms with van der Waals surface area (Å²) in [6.07, 6.45) is 2.50. The summed E-state index contributed by atoms with van der Waals surface area (Å²) in [6, 6.07) is 0.678. The molecule has 2 aliphatic heterocycles. The van der Waals surface area contributed by atoms with Gasteiger partial charge in [0.2, 0.25) is 0 Å². The second-order valence-electron chi connectivity index (χ2n) is 8.05. The first-order valence-corrected chi connectivity index (χ1v) is 9.55. The monoisotopic (exact) mass is 314 g/mol. The van der Waals surface area contributed by atoms with Crippen LogP contribution in [0.3, 0.4) is 0 Å². The average Bonchev–Trinajstić information content (AvgIpc) is 2.42. The molecule has 1 N–H and O–H groups in total. The first kappa shape index (κ1) is 17.6. The van der Waals surface area contributed by atoms with Crippen molar-refractivity contribution < 1.29 is 4.74 Å². The Morgan fingerprint density at radius 1 is 1.33 bits per heavy atom. The highest BCUT2D eigenvalue weighted by Crippen LogP contribution is 2.33. The molecular weight excluding hydrogens is 280 g/mol. The lowest BCUT2D eigenvalue weighted by atomic mass is 9.80. The minimum atomic E-state index is 0.182. The van der Waals surface area contributed by atoms with Crippen molar-refractivity contribution in [1.82, 2.24) is 10.2 Å². The van der Waals surface area contributed by atoms with E-state index in [1.165, 1.54) is 31.7 Å². The minimum Gasteiger partial charge on any atom is -0.381 e. The molecule has 2 fully saturated rings. The number of hydrogen-bond donors (Lipinski definition) is 1. The smallest absolute Gasteiger partial charge is 0.0546 e. The highest BCUT2D eigenvalue weighted by Gasteiger charge is 2.38. The van der Waals surface area contributed by atoms with E-state index in [0.717, 1.165) is 25.0 Å². The van der Waals surface area contributed by atoms with Crippen LogP contribution >= 0.6 is 11.8 Å². The van der Waals surface area contributed by atoms with E-state index in [1.807, 2.05) is 0 Å². The standard InChI is InChI=1S/C17H34N2OS/c1-14-15(2)21-10-8-19(14)12-17(7-6-9-20-13-17)11-18-16(3,4)5/h14-15,18H,6-13H2,1-5H3. The number of rotatable bonds is 4. The van der Waals surface area contributed by atoms with E-state index >= 15 is 0 Å². The lowest BCUT2D eigenvalue weighted by molar-refractivity contribution is -0.0338. The van der Waals surface area contributed by atoms with Crippen molar-refractivity contribution in [1.29, 1.82) is 0 Å². The van der Waals surface area contributed by atoms with E-state index in [4.69, 9.17) is 4.74 Å². The third kappa shape index (κ3) is 5.12. The summed E-state index contributed by atoms with van der Waals surface area (Å²) in [5.74, 6) is 1.27. The van der Waals surface area contributed by atoms with Gasteiger partial charge in [0, 0.05) is 54.2 Å². The predicted octanol–water partition coefficient (Wildman–Crippen LogP) is 3.00. The predicted molar refractivity (Wildman–Crippen MR) is 93.2 cm³/mol. The van der Waals surface area contributed by atoms with Crippen molar-refractivity contribution in [3.05, 3.63) is 0 Å². The highest BCUT2D eigenvalue weighted by molar-refractivity contribution is 8.00. The lowest BCUT2D eigenvalue weighted by Crippen LogP contribution is -2.56. The second kappa shape index (κ2) is 7.20. The second-order valence-corrected chi connectivity index (χ2v) is 9.53. The van der Waals surface area contributed by atoms with Gasteiger partial charge in [-0.05, 0) is 40.5 Å². The zero-order valence-corrected chi connectivity index (χ0v) is 15.4. The van der Waals surface area contributed by atoms with E-state index in [2.05, 4.69) is 56.6 Å². The van der Waals surface area contributed by atoms with Crippen molar-refractivity contribution in [2.45, 2.75) is 64.3 Å². The quantitative estimate of drug-likeness (QED) is 0.862. The van der Waals surface area contributed by atoms with Crippen LogP contribution in [-0.4, -0.2) is 60.3 Å². The van der Waals surface area contributed by atoms with Gasteiger partial charge < -0.3 is 10.1 Å². The number of thioether (sulfide) groups is 1. The molecule has 3 unspecified atom stereocenters. The number of hydrogen-bond acceptors (Lipinski definition) is 4. The van der Waals surface area contributed by atoms with Gasteiger partial charge >= 0.3 is 0 Å². The number of ether oxygens (including phenoxy) is 1. The Morgan fingerprint density at radius 3 is 2.71 bits per heavy atom. The summed E-state index contributed by atoms with van der Waals surface area (Å²) in [6.45, 7) is 16.9. The van der Waals surface area contributed by atoms with Crippen LogP contribution in [0.25, 0.3) is 0 Å². The maximum absolute atomic E-state index is 5.88. The van der Waals surface area contributed by atoms with Crippen molar-refractivity contribution >= 4 is 11.8 Å². The molecule has 0 radical (unpaired) electrons. The fourth-order valence-electron chi connectivity index (χ4n) is 3.33. The van der Waals surface area contributed by atoms with Gasteiger partial charge in [0.05, 0.1) is 6.61 Å². The molecule has 3 atom stereocenters. The van der Waals surface area contributed by atoms with E-state index < -0.39 is 0 Å². The number of nitrogens with zero attached hydrogens (tertiary/aromatic N) is 1. The van der Waals surface area contributed by atoms with E-state index in [9.17, 15) is 0 Å². The Kier molecular flexibility index (Phi) is 6.03. The molecule has 0 aromatic rings. The molecular formula is C17H34N2OS. The van der Waals surface area contributed by atoms with Gasteiger partial charge in [-0.25, -0.2) is 0 Å². The minimum absolute atomic E-state index is 0.182. The molecule has 4 heteroatoms. The Bertz CT molecular complexity index is 323. The van der Waals surface area contributed by atoms with Crippen molar-refractivity contribution in [3.63, 3.8) is 0 Å². The maximum Gasteiger partial charge on any atom is 0.0546 e. The fourth-order valence-corrected chi connectivity index (χ4v) is 4.49. The van der Waals surface area contributed by atoms with Crippen LogP contribution in [0.2, 0.25) is 0 Å². The van der Waals surface area contributed by atoms with E-state index in [1.54, 1.807) is 0 Å². The highest BCUT2D eigenvalue weighted by atomic mass is 32.2. The van der Waals surface area contributed by atoms with Crippen molar-refractivity contribution in [3.8, 4) is 0 Å². The average molecular weight is 315 g/mol. The summed E-state index contributed by atoms with van der Waals surface area (Å²) in [7, 11) is 0. The van der Waals surface area contributed by atoms with Crippen LogP contribution in [0.15, 0.2) is 0 Å². The van der Waals surface area contributed by atoms with Crippen LogP contribution in [0.1, 0.15) is 47.5 Å². The Labute approximate surface area is 135 Å². The normalized spacial score (nSPS) is 35.9. The van der Waals surface area contributed by atoms with Crippen LogP contribution in [0, 0.1) is 5.41 Å². The largest absolute Gasteiger partial charge is 0.381 e. The van der Waals surface area contributed by atoms with Gasteiger partial charge in [0.25, 0.3) is 0 Å². The van der Waals surface area contributed by atoms with Gasteiger partial charge in [-0.3, -0.25) is 4.90 Å². The third-order valence-corrected chi connectivity index (χ3v) is 6.29. The molecule has 0 spiro atoms. The van der Waals surface area contributed by atoms with Gasteiger partial charge in [-0.1, -0.05) is 6.92 Å². The molecule has 124 valence electrons. The summed E-state index contributed by atoms with van der Waals surface area (Å²) in [4.78, 5) is 2.71. The Hall–Kier alpha value is 0.230. The van der Waals surface area contributed by atoms with Crippen LogP contribution in [-0.2, 0) is 4.74 Å². The summed E-state index contributed by atoms with van der Waals surface area (Å²) < 4.78 is 5.88. The zero-order valence-electron chi connectivity index (χ0n) is 14.6. The van der Waals surface area contributed by atoms with E-state index in [-0.39, 0.29) is 5.54 Å². The molecule has 0 aliphatic carbocycles. The summed E-state index contributed by atoms with van der Waals surface area (Å²) >= 11 is 2.12. The van der Waals surface area contributed by atoms with Gasteiger partial charge in [-0.2, -0.15) is 11.8 Å². The molecule has 0 aromatic heterocycles. The molecule has 2 aliphatic rings. The SMILES string of the molecule is CC1SCCN(CC2(CNC(C)(C)C)CCCOC2)C1C. The maximum atomic E-state index is 5.88.